The summed E-state index contributed by atoms with van der Waals surface area (Å²) >= 11 is 0. The Morgan fingerprint density at radius 1 is 1.31 bits per heavy atom. The number of hydrogen-bond donors (Lipinski definition) is 0. The molecule has 2 heterocycles. The van der Waals surface area contributed by atoms with Crippen molar-refractivity contribution in [1.82, 2.24) is 14.5 Å². The van der Waals surface area contributed by atoms with Gasteiger partial charge in [-0.05, 0) is 37.8 Å². The van der Waals surface area contributed by atoms with Crippen LogP contribution in [-0.2, 0) is 21.2 Å². The molecule has 1 amide bonds. The molecule has 140 valence electrons. The number of benzene rings is 1. The second-order valence-corrected chi connectivity index (χ2v) is 9.20. The van der Waals surface area contributed by atoms with Gasteiger partial charge >= 0.3 is 0 Å². The van der Waals surface area contributed by atoms with Gasteiger partial charge in [0.05, 0.1) is 16.8 Å². The predicted octanol–water partition coefficient (Wildman–Crippen LogP) is 0.988. The van der Waals surface area contributed by atoms with Crippen LogP contribution in [0.2, 0.25) is 0 Å². The number of likely N-dealkylation sites (tertiary alicyclic amines) is 1. The SMILES string of the molecule is Cc1nc2ccccc2n(CC(=O)N2CCC[C@@H](CS(C)(=O)=O)C2)c1=O. The lowest BCUT2D eigenvalue weighted by Crippen LogP contribution is -2.44. The average molecular weight is 377 g/mol. The van der Waals surface area contributed by atoms with Crippen molar-refractivity contribution in [3.63, 3.8) is 0 Å². The highest BCUT2D eigenvalue weighted by molar-refractivity contribution is 7.90. The molecule has 0 bridgehead atoms. The van der Waals surface area contributed by atoms with Crippen molar-refractivity contribution in [3.8, 4) is 0 Å². The van der Waals surface area contributed by atoms with Crippen molar-refractivity contribution >= 4 is 26.8 Å². The fourth-order valence-electron chi connectivity index (χ4n) is 3.57. The second-order valence-electron chi connectivity index (χ2n) is 7.02. The summed E-state index contributed by atoms with van der Waals surface area (Å²) in [5.74, 6) is -0.120. The molecule has 26 heavy (non-hydrogen) atoms. The molecule has 8 heteroatoms. The zero-order chi connectivity index (χ0) is 18.9. The number of hydrogen-bond acceptors (Lipinski definition) is 5. The lowest BCUT2D eigenvalue weighted by atomic mass is 10.00. The Morgan fingerprint density at radius 3 is 2.77 bits per heavy atom. The molecule has 1 fully saturated rings. The molecule has 0 saturated carbocycles. The Hall–Kier alpha value is -2.22. The first-order valence-electron chi connectivity index (χ1n) is 8.66. The van der Waals surface area contributed by atoms with E-state index < -0.39 is 9.84 Å². The Labute approximate surface area is 152 Å². The van der Waals surface area contributed by atoms with E-state index in [0.29, 0.717) is 29.8 Å². The molecule has 1 aromatic carbocycles. The van der Waals surface area contributed by atoms with Crippen LogP contribution < -0.4 is 5.56 Å². The molecule has 2 aromatic rings. The number of aromatic nitrogens is 2. The monoisotopic (exact) mass is 377 g/mol. The van der Waals surface area contributed by atoms with Crippen molar-refractivity contribution in [1.29, 1.82) is 0 Å². The third kappa shape index (κ3) is 4.12. The van der Waals surface area contributed by atoms with Gasteiger partial charge in [0.25, 0.3) is 5.56 Å². The molecule has 0 unspecified atom stereocenters. The van der Waals surface area contributed by atoms with Crippen LogP contribution in [0.3, 0.4) is 0 Å². The first-order valence-corrected chi connectivity index (χ1v) is 10.7. The van der Waals surface area contributed by atoms with Gasteiger partial charge in [-0.3, -0.25) is 14.2 Å². The minimum Gasteiger partial charge on any atom is -0.341 e. The van der Waals surface area contributed by atoms with E-state index in [9.17, 15) is 18.0 Å². The maximum Gasteiger partial charge on any atom is 0.272 e. The Morgan fingerprint density at radius 2 is 2.04 bits per heavy atom. The van der Waals surface area contributed by atoms with Crippen molar-refractivity contribution in [2.24, 2.45) is 5.92 Å². The van der Waals surface area contributed by atoms with Gasteiger partial charge in [0.1, 0.15) is 22.1 Å². The molecule has 7 nitrogen and oxygen atoms in total. The van der Waals surface area contributed by atoms with Crippen LogP contribution in [0.1, 0.15) is 18.5 Å². The maximum atomic E-state index is 12.8. The normalized spacial score (nSPS) is 18.2. The van der Waals surface area contributed by atoms with E-state index in [-0.39, 0.29) is 29.7 Å². The molecule has 0 radical (unpaired) electrons. The van der Waals surface area contributed by atoms with E-state index in [1.807, 2.05) is 18.2 Å². The summed E-state index contributed by atoms with van der Waals surface area (Å²) in [6.45, 7) is 2.59. The number of sulfone groups is 1. The molecule has 1 atom stereocenters. The van der Waals surface area contributed by atoms with Gasteiger partial charge in [0.2, 0.25) is 5.91 Å². The zero-order valence-electron chi connectivity index (χ0n) is 15.0. The largest absolute Gasteiger partial charge is 0.341 e. The molecule has 1 aliphatic rings. The van der Waals surface area contributed by atoms with Gasteiger partial charge in [-0.2, -0.15) is 0 Å². The van der Waals surface area contributed by atoms with Gasteiger partial charge in [-0.15, -0.1) is 0 Å². The number of carbonyl (C=O) groups is 1. The highest BCUT2D eigenvalue weighted by Crippen LogP contribution is 2.19. The van der Waals surface area contributed by atoms with Crippen molar-refractivity contribution in [2.45, 2.75) is 26.3 Å². The molecule has 0 aliphatic carbocycles. The number of fused-ring (bicyclic) bond motifs is 1. The molecule has 1 aromatic heterocycles. The third-order valence-electron chi connectivity index (χ3n) is 4.72. The number of piperidine rings is 1. The number of rotatable bonds is 4. The average Bonchev–Trinajstić information content (AvgIpc) is 2.57. The topological polar surface area (TPSA) is 89.3 Å². The van der Waals surface area contributed by atoms with Crippen LogP contribution in [0.4, 0.5) is 0 Å². The summed E-state index contributed by atoms with van der Waals surface area (Å²) in [5, 5.41) is 0. The molecular formula is C18H23N3O4S. The lowest BCUT2D eigenvalue weighted by Gasteiger charge is -2.32. The number of amides is 1. The van der Waals surface area contributed by atoms with E-state index in [2.05, 4.69) is 4.98 Å². The van der Waals surface area contributed by atoms with Crippen LogP contribution in [0.25, 0.3) is 11.0 Å². The standard InChI is InChI=1S/C18H23N3O4S/c1-13-18(23)21(16-8-4-3-7-15(16)19-13)11-17(22)20-9-5-6-14(10-20)12-26(2,24)25/h3-4,7-8,14H,5-6,9-12H2,1-2H3/t14-/m1/s1. The minimum atomic E-state index is -3.07. The number of aryl methyl sites for hydroxylation is 1. The summed E-state index contributed by atoms with van der Waals surface area (Å²) < 4.78 is 24.5. The van der Waals surface area contributed by atoms with Crippen LogP contribution in [0.15, 0.2) is 29.1 Å². The van der Waals surface area contributed by atoms with Crippen molar-refractivity contribution in [3.05, 3.63) is 40.3 Å². The summed E-state index contributed by atoms with van der Waals surface area (Å²) in [6, 6.07) is 7.24. The summed E-state index contributed by atoms with van der Waals surface area (Å²) in [7, 11) is -3.07. The number of nitrogens with zero attached hydrogens (tertiary/aromatic N) is 3. The summed E-state index contributed by atoms with van der Waals surface area (Å²) in [4.78, 5) is 31.2. The predicted molar refractivity (Wildman–Crippen MR) is 99.8 cm³/mol. The first kappa shape index (κ1) is 18.6. The van der Waals surface area contributed by atoms with Gasteiger partial charge in [0.15, 0.2) is 0 Å². The van der Waals surface area contributed by atoms with E-state index in [1.165, 1.54) is 10.8 Å². The summed E-state index contributed by atoms with van der Waals surface area (Å²) in [6.07, 6.45) is 2.80. The lowest BCUT2D eigenvalue weighted by molar-refractivity contribution is -0.133. The highest BCUT2D eigenvalue weighted by Gasteiger charge is 2.26. The fraction of sp³-hybridized carbons (Fsp3) is 0.500. The highest BCUT2D eigenvalue weighted by atomic mass is 32.2. The van der Waals surface area contributed by atoms with Gasteiger partial charge in [-0.1, -0.05) is 12.1 Å². The van der Waals surface area contributed by atoms with Crippen molar-refractivity contribution < 1.29 is 13.2 Å². The van der Waals surface area contributed by atoms with Gasteiger partial charge in [-0.25, -0.2) is 13.4 Å². The first-order chi connectivity index (χ1) is 12.2. The fourth-order valence-corrected chi connectivity index (χ4v) is 4.70. The van der Waals surface area contributed by atoms with E-state index in [1.54, 1.807) is 17.9 Å². The molecule has 0 N–H and O–H groups in total. The zero-order valence-corrected chi connectivity index (χ0v) is 15.8. The molecule has 3 rings (SSSR count). The van der Waals surface area contributed by atoms with Crippen LogP contribution in [-0.4, -0.2) is 53.9 Å². The molecule has 1 saturated heterocycles. The van der Waals surface area contributed by atoms with Crippen molar-refractivity contribution in [2.75, 3.05) is 25.1 Å². The summed E-state index contributed by atoms with van der Waals surface area (Å²) in [5.41, 5.74) is 1.37. The van der Waals surface area contributed by atoms with E-state index >= 15 is 0 Å². The van der Waals surface area contributed by atoms with E-state index in [0.717, 1.165) is 12.8 Å². The molecular weight excluding hydrogens is 354 g/mol. The van der Waals surface area contributed by atoms with Gasteiger partial charge in [0, 0.05) is 19.3 Å². The van der Waals surface area contributed by atoms with Crippen LogP contribution in [0.5, 0.6) is 0 Å². The van der Waals surface area contributed by atoms with Gasteiger partial charge < -0.3 is 4.90 Å². The molecule has 0 spiro atoms. The van der Waals surface area contributed by atoms with Crippen LogP contribution >= 0.6 is 0 Å². The third-order valence-corrected chi connectivity index (χ3v) is 5.80. The Kier molecular flexibility index (Phi) is 5.13. The Balaban J connectivity index is 1.83. The minimum absolute atomic E-state index is 0.0460. The number of carbonyl (C=O) groups excluding carboxylic acids is 1. The van der Waals surface area contributed by atoms with E-state index in [4.69, 9.17) is 0 Å². The number of para-hydroxylation sites is 2. The van der Waals surface area contributed by atoms with Crippen LogP contribution in [0, 0.1) is 12.8 Å². The second kappa shape index (κ2) is 7.19. The maximum absolute atomic E-state index is 12.8. The Bertz CT molecular complexity index is 997. The smallest absolute Gasteiger partial charge is 0.272 e. The quantitative estimate of drug-likeness (QED) is 0.793. The molecule has 1 aliphatic heterocycles.